The van der Waals surface area contributed by atoms with E-state index in [4.69, 9.17) is 4.74 Å². The van der Waals surface area contributed by atoms with E-state index in [0.29, 0.717) is 17.0 Å². The monoisotopic (exact) mass is 482 g/mol. The fraction of sp³-hybridized carbons (Fsp3) is 0.318. The fourth-order valence-corrected chi connectivity index (χ4v) is 3.78. The Hall–Kier alpha value is -2.48. The highest BCUT2D eigenvalue weighted by atomic mass is 79.9. The maximum atomic E-state index is 13.2. The van der Waals surface area contributed by atoms with Crippen LogP contribution in [0.3, 0.4) is 0 Å². The lowest BCUT2D eigenvalue weighted by Crippen LogP contribution is -2.30. The summed E-state index contributed by atoms with van der Waals surface area (Å²) in [5.41, 5.74) is 0.630. The fourth-order valence-electron chi connectivity index (χ4n) is 3.40. The second-order valence-electron chi connectivity index (χ2n) is 6.99. The summed E-state index contributed by atoms with van der Waals surface area (Å²) in [4.78, 5) is 14.5. The first-order valence-corrected chi connectivity index (χ1v) is 10.4. The molecule has 1 N–H and O–H groups in total. The number of anilines is 2. The van der Waals surface area contributed by atoms with Crippen molar-refractivity contribution in [1.29, 1.82) is 0 Å². The number of hydrogen-bond donors (Lipinski definition) is 1. The number of piperidine rings is 1. The summed E-state index contributed by atoms with van der Waals surface area (Å²) < 4.78 is 45.7. The lowest BCUT2D eigenvalue weighted by Gasteiger charge is -2.31. The molecule has 1 amide bonds. The molecule has 30 heavy (non-hydrogen) atoms. The van der Waals surface area contributed by atoms with Crippen LogP contribution in [0.5, 0.6) is 5.75 Å². The number of amides is 1. The van der Waals surface area contributed by atoms with E-state index >= 15 is 0 Å². The summed E-state index contributed by atoms with van der Waals surface area (Å²) in [6.45, 7) is 1.50. The molecule has 1 aliphatic rings. The predicted molar refractivity (Wildman–Crippen MR) is 116 cm³/mol. The smallest absolute Gasteiger partial charge is 0.416 e. The Kier molecular flexibility index (Phi) is 7.07. The second-order valence-corrected chi connectivity index (χ2v) is 7.90. The number of nitrogens with one attached hydrogen (secondary N) is 1. The van der Waals surface area contributed by atoms with Crippen LogP contribution in [0.1, 0.15) is 30.4 Å². The largest absolute Gasteiger partial charge is 0.496 e. The number of hydrogen-bond acceptors (Lipinski definition) is 3. The molecule has 0 radical (unpaired) electrons. The van der Waals surface area contributed by atoms with Crippen LogP contribution in [0.15, 0.2) is 46.9 Å². The normalized spacial score (nSPS) is 14.8. The third-order valence-corrected chi connectivity index (χ3v) is 5.38. The Morgan fingerprint density at radius 3 is 2.53 bits per heavy atom. The summed E-state index contributed by atoms with van der Waals surface area (Å²) in [5, 5.41) is 2.62. The van der Waals surface area contributed by atoms with Crippen molar-refractivity contribution in [1.82, 2.24) is 0 Å². The molecule has 0 saturated carbocycles. The maximum absolute atomic E-state index is 13.2. The van der Waals surface area contributed by atoms with E-state index in [9.17, 15) is 18.0 Å². The summed E-state index contributed by atoms with van der Waals surface area (Å²) in [6.07, 6.45) is 1.39. The predicted octanol–water partition coefficient (Wildman–Crippen LogP) is 6.12. The van der Waals surface area contributed by atoms with Gasteiger partial charge in [0.1, 0.15) is 5.75 Å². The molecule has 0 aliphatic carbocycles. The van der Waals surface area contributed by atoms with Gasteiger partial charge in [-0.1, -0.05) is 15.9 Å². The molecule has 4 nitrogen and oxygen atoms in total. The average molecular weight is 483 g/mol. The van der Waals surface area contributed by atoms with Crippen molar-refractivity contribution in [3.8, 4) is 5.75 Å². The summed E-state index contributed by atoms with van der Waals surface area (Å²) in [5.74, 6) is 0.0601. The van der Waals surface area contributed by atoms with Gasteiger partial charge in [0.15, 0.2) is 0 Å². The summed E-state index contributed by atoms with van der Waals surface area (Å²) >= 11 is 3.36. The quantitative estimate of drug-likeness (QED) is 0.522. The minimum absolute atomic E-state index is 0.155. The van der Waals surface area contributed by atoms with Crippen molar-refractivity contribution in [3.63, 3.8) is 0 Å². The van der Waals surface area contributed by atoms with Crippen molar-refractivity contribution in [2.24, 2.45) is 0 Å². The third kappa shape index (κ3) is 5.56. The molecule has 0 bridgehead atoms. The van der Waals surface area contributed by atoms with Crippen LogP contribution in [0.2, 0.25) is 0 Å². The molecule has 2 aromatic carbocycles. The molecule has 160 valence electrons. The van der Waals surface area contributed by atoms with Gasteiger partial charge in [0, 0.05) is 29.2 Å². The van der Waals surface area contributed by atoms with Gasteiger partial charge in [-0.05, 0) is 61.7 Å². The van der Waals surface area contributed by atoms with E-state index in [1.54, 1.807) is 18.2 Å². The van der Waals surface area contributed by atoms with Gasteiger partial charge in [0.25, 0.3) is 0 Å². The third-order valence-electron chi connectivity index (χ3n) is 4.88. The van der Waals surface area contributed by atoms with Crippen LogP contribution in [-0.4, -0.2) is 26.1 Å². The van der Waals surface area contributed by atoms with Crippen LogP contribution >= 0.6 is 15.9 Å². The van der Waals surface area contributed by atoms with Crippen LogP contribution in [-0.2, 0) is 11.0 Å². The molecule has 1 fully saturated rings. The lowest BCUT2D eigenvalue weighted by molar-refractivity contribution is -0.137. The molecule has 2 aromatic rings. The molecule has 0 aromatic heterocycles. The number of nitrogens with zero attached hydrogens (tertiary/aromatic N) is 1. The number of methoxy groups -OCH3 is 1. The Morgan fingerprint density at radius 1 is 1.13 bits per heavy atom. The standard InChI is InChI=1S/C22H22BrF3N2O2/c1-30-20-9-7-17(23)13-15(20)5-10-21(29)27-18-14-16(22(24,25)26)6-8-19(18)28-11-3-2-4-12-28/h5-10,13-14H,2-4,11-12H2,1H3,(H,27,29)/b10-5+. The van der Waals surface area contributed by atoms with Gasteiger partial charge in [-0.15, -0.1) is 0 Å². The zero-order chi connectivity index (χ0) is 21.7. The first kappa shape index (κ1) is 22.2. The first-order chi connectivity index (χ1) is 14.3. The Morgan fingerprint density at radius 2 is 1.87 bits per heavy atom. The van der Waals surface area contributed by atoms with Crippen LogP contribution in [0, 0.1) is 0 Å². The Bertz CT molecular complexity index is 938. The molecule has 3 rings (SSSR count). The summed E-state index contributed by atoms with van der Waals surface area (Å²) in [6, 6.07) is 8.83. The van der Waals surface area contributed by atoms with Gasteiger partial charge in [-0.2, -0.15) is 13.2 Å². The van der Waals surface area contributed by atoms with Gasteiger partial charge >= 0.3 is 6.18 Å². The number of carbonyl (C=O) groups excluding carboxylic acids is 1. The van der Waals surface area contributed by atoms with Crippen molar-refractivity contribution in [2.75, 3.05) is 30.4 Å². The van der Waals surface area contributed by atoms with Gasteiger partial charge in [-0.3, -0.25) is 4.79 Å². The average Bonchev–Trinajstić information content (AvgIpc) is 2.72. The van der Waals surface area contributed by atoms with Crippen molar-refractivity contribution < 1.29 is 22.7 Å². The SMILES string of the molecule is COc1ccc(Br)cc1/C=C/C(=O)Nc1cc(C(F)(F)F)ccc1N1CCCCC1. The molecule has 0 atom stereocenters. The molecule has 8 heteroatoms. The highest BCUT2D eigenvalue weighted by molar-refractivity contribution is 9.10. The molecule has 0 unspecified atom stereocenters. The van der Waals surface area contributed by atoms with Crippen molar-refractivity contribution >= 4 is 39.3 Å². The van der Waals surface area contributed by atoms with Crippen LogP contribution in [0.25, 0.3) is 6.08 Å². The summed E-state index contributed by atoms with van der Waals surface area (Å²) in [7, 11) is 1.52. The number of carbonyl (C=O) groups is 1. The van der Waals surface area contributed by atoms with Crippen LogP contribution in [0.4, 0.5) is 24.5 Å². The van der Waals surface area contributed by atoms with Crippen molar-refractivity contribution in [2.45, 2.75) is 25.4 Å². The number of benzene rings is 2. The maximum Gasteiger partial charge on any atom is 0.416 e. The zero-order valence-corrected chi connectivity index (χ0v) is 18.0. The lowest BCUT2D eigenvalue weighted by atomic mass is 10.1. The van der Waals surface area contributed by atoms with Gasteiger partial charge in [0.2, 0.25) is 5.91 Å². The molecule has 0 spiro atoms. The van der Waals surface area contributed by atoms with E-state index in [-0.39, 0.29) is 5.69 Å². The van der Waals surface area contributed by atoms with Crippen LogP contribution < -0.4 is 15.0 Å². The van der Waals surface area contributed by atoms with E-state index < -0.39 is 17.6 Å². The molecule has 1 aliphatic heterocycles. The Labute approximate surface area is 181 Å². The number of rotatable bonds is 5. The molecule has 1 heterocycles. The molecular formula is C22H22BrF3N2O2. The molecule has 1 saturated heterocycles. The number of ether oxygens (including phenoxy) is 1. The van der Waals surface area contributed by atoms with E-state index in [1.165, 1.54) is 19.3 Å². The van der Waals surface area contributed by atoms with Gasteiger partial charge in [0.05, 0.1) is 24.0 Å². The first-order valence-electron chi connectivity index (χ1n) is 9.57. The van der Waals surface area contributed by atoms with Gasteiger partial charge < -0.3 is 15.0 Å². The minimum Gasteiger partial charge on any atom is -0.496 e. The topological polar surface area (TPSA) is 41.6 Å². The number of alkyl halides is 3. The zero-order valence-electron chi connectivity index (χ0n) is 16.4. The number of halogens is 4. The minimum atomic E-state index is -4.49. The van der Waals surface area contributed by atoms with E-state index in [0.717, 1.165) is 49.0 Å². The molecular weight excluding hydrogens is 461 g/mol. The second kappa shape index (κ2) is 9.55. The highest BCUT2D eigenvalue weighted by Gasteiger charge is 2.31. The van der Waals surface area contributed by atoms with Crippen molar-refractivity contribution in [3.05, 3.63) is 58.1 Å². The highest BCUT2D eigenvalue weighted by Crippen LogP contribution is 2.36. The van der Waals surface area contributed by atoms with E-state index in [2.05, 4.69) is 21.2 Å². The van der Waals surface area contributed by atoms with Gasteiger partial charge in [-0.25, -0.2) is 0 Å². The Balaban J connectivity index is 1.86. The van der Waals surface area contributed by atoms with E-state index in [1.807, 2.05) is 11.0 Å².